The van der Waals surface area contributed by atoms with Gasteiger partial charge in [-0.05, 0) is 23.8 Å². The van der Waals surface area contributed by atoms with Crippen molar-refractivity contribution in [3.63, 3.8) is 0 Å². The van der Waals surface area contributed by atoms with Crippen LogP contribution in [0.3, 0.4) is 0 Å². The molecule has 3 nitrogen and oxygen atoms in total. The van der Waals surface area contributed by atoms with Crippen molar-refractivity contribution in [3.05, 3.63) is 41.7 Å². The topological polar surface area (TPSA) is 60.7 Å². The number of hydrogen-bond acceptors (Lipinski definition) is 3. The predicted molar refractivity (Wildman–Crippen MR) is 55.4 cm³/mol. The molecule has 70 valence electrons. The number of benzene rings is 1. The van der Waals surface area contributed by atoms with E-state index in [4.69, 9.17) is 14.9 Å². The van der Waals surface area contributed by atoms with Gasteiger partial charge in [0.1, 0.15) is 23.3 Å². The fourth-order valence-electron chi connectivity index (χ4n) is 1.32. The number of nitrogens with zero attached hydrogens (tertiary/aromatic N) is 2. The van der Waals surface area contributed by atoms with Crippen molar-refractivity contribution < 1.29 is 4.42 Å². The zero-order valence-electron chi connectivity index (χ0n) is 7.77. The molecule has 1 heterocycles. The quantitative estimate of drug-likeness (QED) is 0.655. The van der Waals surface area contributed by atoms with Gasteiger partial charge in [-0.25, -0.2) is 0 Å². The van der Waals surface area contributed by atoms with E-state index in [1.807, 2.05) is 30.3 Å². The average molecular weight is 194 g/mol. The molecule has 3 heteroatoms. The van der Waals surface area contributed by atoms with Gasteiger partial charge in [-0.3, -0.25) is 0 Å². The van der Waals surface area contributed by atoms with E-state index in [1.165, 1.54) is 6.08 Å². The molecule has 0 fully saturated rings. The third-order valence-electron chi connectivity index (χ3n) is 2.03. The van der Waals surface area contributed by atoms with Crippen LogP contribution >= 0.6 is 0 Å². The van der Waals surface area contributed by atoms with Gasteiger partial charge in [0, 0.05) is 5.39 Å². The Morgan fingerprint density at radius 2 is 2.00 bits per heavy atom. The predicted octanol–water partition coefficient (Wildman–Crippen LogP) is 2.86. The molecule has 0 radical (unpaired) electrons. The zero-order chi connectivity index (χ0) is 10.7. The largest absolute Gasteiger partial charge is 0.464 e. The van der Waals surface area contributed by atoms with Crippen molar-refractivity contribution in [1.82, 2.24) is 0 Å². The van der Waals surface area contributed by atoms with Crippen LogP contribution in [0.4, 0.5) is 0 Å². The van der Waals surface area contributed by atoms with Crippen LogP contribution in [0.25, 0.3) is 17.0 Å². The zero-order valence-corrected chi connectivity index (χ0v) is 7.77. The van der Waals surface area contributed by atoms with Crippen molar-refractivity contribution in [3.8, 4) is 12.1 Å². The third-order valence-corrected chi connectivity index (χ3v) is 2.03. The summed E-state index contributed by atoms with van der Waals surface area (Å²) in [7, 11) is 0. The van der Waals surface area contributed by atoms with Crippen LogP contribution in [-0.2, 0) is 0 Å². The van der Waals surface area contributed by atoms with Gasteiger partial charge < -0.3 is 4.42 Å². The second-order valence-corrected chi connectivity index (χ2v) is 3.00. The first-order valence-electron chi connectivity index (χ1n) is 4.32. The summed E-state index contributed by atoms with van der Waals surface area (Å²) in [4.78, 5) is 0. The number of rotatable bonds is 1. The molecule has 0 N–H and O–H groups in total. The normalized spacial score (nSPS) is 9.20. The van der Waals surface area contributed by atoms with E-state index in [0.717, 1.165) is 16.5 Å². The van der Waals surface area contributed by atoms with Crippen LogP contribution in [0.5, 0.6) is 0 Å². The molecule has 0 unspecified atom stereocenters. The lowest BCUT2D eigenvalue weighted by Crippen LogP contribution is -1.75. The maximum atomic E-state index is 8.60. The maximum absolute atomic E-state index is 8.60. The minimum Gasteiger partial charge on any atom is -0.464 e. The van der Waals surface area contributed by atoms with E-state index >= 15 is 0 Å². The van der Waals surface area contributed by atoms with Gasteiger partial charge in [0.2, 0.25) is 0 Å². The molecule has 0 saturated heterocycles. The summed E-state index contributed by atoms with van der Waals surface area (Å²) in [5, 5.41) is 18.2. The summed E-state index contributed by atoms with van der Waals surface area (Å²) in [6, 6.07) is 11.0. The lowest BCUT2D eigenvalue weighted by Gasteiger charge is -1.92. The molecule has 0 amide bonds. The Bertz CT molecular complexity index is 592. The molecule has 0 spiro atoms. The Balaban J connectivity index is 2.51. The highest BCUT2D eigenvalue weighted by atomic mass is 16.3. The minimum atomic E-state index is 0.0842. The fourth-order valence-corrected chi connectivity index (χ4v) is 1.32. The highest BCUT2D eigenvalue weighted by Crippen LogP contribution is 2.18. The highest BCUT2D eigenvalue weighted by Gasteiger charge is 1.98. The van der Waals surface area contributed by atoms with E-state index in [1.54, 1.807) is 12.3 Å². The van der Waals surface area contributed by atoms with Crippen molar-refractivity contribution in [2.45, 2.75) is 0 Å². The first-order valence-corrected chi connectivity index (χ1v) is 4.32. The Kier molecular flexibility index (Phi) is 2.23. The second-order valence-electron chi connectivity index (χ2n) is 3.00. The molecule has 0 saturated carbocycles. The van der Waals surface area contributed by atoms with E-state index < -0.39 is 0 Å². The molecule has 0 aliphatic carbocycles. The van der Waals surface area contributed by atoms with Gasteiger partial charge in [-0.15, -0.1) is 0 Å². The SMILES string of the molecule is N#CC(C#N)=Cc1ccc2ccoc2c1. The van der Waals surface area contributed by atoms with Crippen LogP contribution in [0.1, 0.15) is 5.56 Å². The molecule has 0 bridgehead atoms. The van der Waals surface area contributed by atoms with Crippen molar-refractivity contribution in [1.29, 1.82) is 10.5 Å². The van der Waals surface area contributed by atoms with E-state index in [9.17, 15) is 0 Å². The van der Waals surface area contributed by atoms with Gasteiger partial charge >= 0.3 is 0 Å². The summed E-state index contributed by atoms with van der Waals surface area (Å²) in [5.74, 6) is 0. The molecule has 2 aromatic rings. The molecule has 2 rings (SSSR count). The Morgan fingerprint density at radius 3 is 2.73 bits per heavy atom. The minimum absolute atomic E-state index is 0.0842. The summed E-state index contributed by atoms with van der Waals surface area (Å²) in [6.07, 6.45) is 3.13. The highest BCUT2D eigenvalue weighted by molar-refractivity contribution is 5.80. The number of hydrogen-bond donors (Lipinski definition) is 0. The Hall–Kier alpha value is -2.52. The summed E-state index contributed by atoms with van der Waals surface area (Å²) in [6.45, 7) is 0. The van der Waals surface area contributed by atoms with Gasteiger partial charge in [0.25, 0.3) is 0 Å². The Labute approximate surface area is 86.5 Å². The molecule has 0 aliphatic heterocycles. The Morgan fingerprint density at radius 1 is 1.20 bits per heavy atom. The van der Waals surface area contributed by atoms with Gasteiger partial charge in [-0.2, -0.15) is 10.5 Å². The van der Waals surface area contributed by atoms with Gasteiger partial charge in [-0.1, -0.05) is 12.1 Å². The molecule has 1 aromatic carbocycles. The summed E-state index contributed by atoms with van der Waals surface area (Å²) >= 11 is 0. The monoisotopic (exact) mass is 194 g/mol. The fraction of sp³-hybridized carbons (Fsp3) is 0. The van der Waals surface area contributed by atoms with Crippen LogP contribution in [0, 0.1) is 22.7 Å². The van der Waals surface area contributed by atoms with E-state index in [2.05, 4.69) is 0 Å². The van der Waals surface area contributed by atoms with Crippen LogP contribution in [-0.4, -0.2) is 0 Å². The van der Waals surface area contributed by atoms with Crippen molar-refractivity contribution in [2.24, 2.45) is 0 Å². The van der Waals surface area contributed by atoms with Gasteiger partial charge in [0.05, 0.1) is 6.26 Å². The third kappa shape index (κ3) is 1.72. The second kappa shape index (κ2) is 3.69. The standard InChI is InChI=1S/C12H6N2O/c13-7-10(8-14)5-9-1-2-11-3-4-15-12(11)6-9/h1-6H. The smallest absolute Gasteiger partial charge is 0.134 e. The van der Waals surface area contributed by atoms with Crippen LogP contribution < -0.4 is 0 Å². The number of allylic oxidation sites excluding steroid dienone is 1. The molecule has 15 heavy (non-hydrogen) atoms. The lowest BCUT2D eigenvalue weighted by molar-refractivity contribution is 0.616. The summed E-state index contributed by atoms with van der Waals surface area (Å²) in [5.41, 5.74) is 1.62. The lowest BCUT2D eigenvalue weighted by atomic mass is 10.1. The van der Waals surface area contributed by atoms with E-state index in [0.29, 0.717) is 0 Å². The van der Waals surface area contributed by atoms with Crippen molar-refractivity contribution in [2.75, 3.05) is 0 Å². The van der Waals surface area contributed by atoms with Crippen LogP contribution in [0.15, 0.2) is 40.5 Å². The molecule has 1 aromatic heterocycles. The molecule has 0 atom stereocenters. The first-order chi connectivity index (χ1) is 7.33. The van der Waals surface area contributed by atoms with Gasteiger partial charge in [0.15, 0.2) is 0 Å². The number of fused-ring (bicyclic) bond motifs is 1. The summed E-state index contributed by atoms with van der Waals surface area (Å²) < 4.78 is 5.21. The number of furan rings is 1. The molecule has 0 aliphatic rings. The molecular weight excluding hydrogens is 188 g/mol. The number of nitriles is 2. The average Bonchev–Trinajstić information content (AvgIpc) is 2.73. The first kappa shape index (κ1) is 9.05. The van der Waals surface area contributed by atoms with E-state index in [-0.39, 0.29) is 5.57 Å². The van der Waals surface area contributed by atoms with Crippen LogP contribution in [0.2, 0.25) is 0 Å². The maximum Gasteiger partial charge on any atom is 0.134 e. The molecular formula is C12H6N2O. The van der Waals surface area contributed by atoms with Crippen molar-refractivity contribution >= 4 is 17.0 Å².